The van der Waals surface area contributed by atoms with Crippen molar-refractivity contribution in [1.82, 2.24) is 14.7 Å². The zero-order valence-electron chi connectivity index (χ0n) is 19.5. The molecule has 1 saturated heterocycles. The fourth-order valence-corrected chi connectivity index (χ4v) is 4.97. The molecule has 0 spiro atoms. The number of hydrogen-bond acceptors (Lipinski definition) is 5. The molecule has 11 heteroatoms. The molecule has 2 heterocycles. The maximum Gasteiger partial charge on any atom is 0.396 e. The Morgan fingerprint density at radius 3 is 2.71 bits per heavy atom. The molecule has 7 nitrogen and oxygen atoms in total. The maximum atomic E-state index is 13.6. The Bertz CT molecular complexity index is 1290. The van der Waals surface area contributed by atoms with Gasteiger partial charge < -0.3 is 9.64 Å². The first-order valence-electron chi connectivity index (χ1n) is 11.0. The third-order valence-electron chi connectivity index (χ3n) is 6.25. The van der Waals surface area contributed by atoms with E-state index < -0.39 is 30.0 Å². The highest BCUT2D eigenvalue weighted by atomic mass is 32.1. The molecule has 1 aromatic carbocycles. The van der Waals surface area contributed by atoms with Crippen LogP contribution >= 0.6 is 12.2 Å². The zero-order chi connectivity index (χ0) is 25.5. The Morgan fingerprint density at radius 1 is 1.31 bits per heavy atom. The van der Waals surface area contributed by atoms with Gasteiger partial charge in [0.1, 0.15) is 5.54 Å². The first-order valence-corrected chi connectivity index (χ1v) is 11.4. The third kappa shape index (κ3) is 4.44. The average Bonchev–Trinajstić information content (AvgIpc) is 3.27. The van der Waals surface area contributed by atoms with Gasteiger partial charge in [-0.25, -0.2) is 0 Å². The van der Waals surface area contributed by atoms with Gasteiger partial charge >= 0.3 is 6.18 Å². The summed E-state index contributed by atoms with van der Waals surface area (Å²) < 4.78 is 47.7. The van der Waals surface area contributed by atoms with Crippen LogP contribution in [0.2, 0.25) is 0 Å². The number of allylic oxidation sites excluding steroid dienone is 4. The van der Waals surface area contributed by atoms with Gasteiger partial charge in [0.2, 0.25) is 0 Å². The number of rotatable bonds is 6. The number of aromatic nitrogens is 2. The van der Waals surface area contributed by atoms with E-state index in [0.29, 0.717) is 18.8 Å². The Labute approximate surface area is 206 Å². The van der Waals surface area contributed by atoms with Crippen LogP contribution in [0.5, 0.6) is 0 Å². The van der Waals surface area contributed by atoms with Gasteiger partial charge in [-0.2, -0.15) is 23.5 Å². The minimum Gasteiger partial charge on any atom is -0.385 e. The van der Waals surface area contributed by atoms with Gasteiger partial charge in [0.25, 0.3) is 5.91 Å². The van der Waals surface area contributed by atoms with Gasteiger partial charge in [-0.3, -0.25) is 14.4 Å². The summed E-state index contributed by atoms with van der Waals surface area (Å²) >= 11 is 5.63. The van der Waals surface area contributed by atoms with Crippen molar-refractivity contribution in [3.05, 3.63) is 47.8 Å². The number of halogens is 3. The molecule has 1 amide bonds. The lowest BCUT2D eigenvalue weighted by atomic mass is 9.89. The first-order chi connectivity index (χ1) is 16.5. The van der Waals surface area contributed by atoms with E-state index in [9.17, 15) is 18.0 Å². The summed E-state index contributed by atoms with van der Waals surface area (Å²) in [6, 6.07) is 7.09. The third-order valence-corrected chi connectivity index (χ3v) is 6.62. The van der Waals surface area contributed by atoms with Crippen LogP contribution in [0.1, 0.15) is 26.7 Å². The second-order valence-corrected chi connectivity index (χ2v) is 9.35. The van der Waals surface area contributed by atoms with Crippen molar-refractivity contribution < 1.29 is 22.7 Å². The predicted octanol–water partition coefficient (Wildman–Crippen LogP) is 4.70. The van der Waals surface area contributed by atoms with Crippen molar-refractivity contribution in [3.63, 3.8) is 0 Å². The van der Waals surface area contributed by atoms with Crippen LogP contribution in [0.4, 0.5) is 18.9 Å². The molecular formula is C24H24F3N5O2S. The molecule has 4 rings (SSSR count). The molecular weight excluding hydrogens is 479 g/mol. The molecule has 0 saturated carbocycles. The summed E-state index contributed by atoms with van der Waals surface area (Å²) in [6.07, 6.45) is 0.0392. The lowest BCUT2D eigenvalue weighted by Gasteiger charge is -2.29. The highest BCUT2D eigenvalue weighted by molar-refractivity contribution is 7.80. The smallest absolute Gasteiger partial charge is 0.385 e. The number of hydrogen-bond donors (Lipinski definition) is 0. The molecule has 1 atom stereocenters. The molecule has 1 aromatic heterocycles. The highest BCUT2D eigenvalue weighted by Crippen LogP contribution is 2.43. The number of alkyl halides is 3. The van der Waals surface area contributed by atoms with Crippen molar-refractivity contribution in [2.24, 2.45) is 5.92 Å². The lowest BCUT2D eigenvalue weighted by Crippen LogP contribution is -2.44. The van der Waals surface area contributed by atoms with Crippen LogP contribution in [0.15, 0.2) is 47.8 Å². The minimum absolute atomic E-state index is 0.0906. The molecule has 0 N–H and O–H groups in total. The van der Waals surface area contributed by atoms with E-state index in [4.69, 9.17) is 22.2 Å². The summed E-state index contributed by atoms with van der Waals surface area (Å²) in [5.74, 6) is -2.42. The molecule has 184 valence electrons. The van der Waals surface area contributed by atoms with E-state index in [0.717, 1.165) is 28.3 Å². The van der Waals surface area contributed by atoms with Crippen molar-refractivity contribution in [2.45, 2.75) is 44.9 Å². The van der Waals surface area contributed by atoms with Gasteiger partial charge in [-0.1, -0.05) is 0 Å². The van der Waals surface area contributed by atoms with Gasteiger partial charge in [-0.05, 0) is 62.8 Å². The topological polar surface area (TPSA) is 74.4 Å². The van der Waals surface area contributed by atoms with Crippen LogP contribution in [0.25, 0.3) is 10.9 Å². The molecule has 0 radical (unpaired) electrons. The number of carbonyl (C=O) groups is 1. The first kappa shape index (κ1) is 24.9. The highest BCUT2D eigenvalue weighted by Gasteiger charge is 2.53. The quantitative estimate of drug-likeness (QED) is 0.420. The summed E-state index contributed by atoms with van der Waals surface area (Å²) in [7, 11) is 1.64. The molecule has 1 unspecified atom stereocenters. The Kier molecular flexibility index (Phi) is 6.46. The average molecular weight is 504 g/mol. The van der Waals surface area contributed by atoms with E-state index in [1.807, 2.05) is 23.0 Å². The fourth-order valence-electron chi connectivity index (χ4n) is 4.43. The van der Waals surface area contributed by atoms with Crippen molar-refractivity contribution >= 4 is 39.8 Å². The summed E-state index contributed by atoms with van der Waals surface area (Å²) in [5, 5.41) is 14.6. The zero-order valence-corrected chi connectivity index (χ0v) is 20.3. The largest absolute Gasteiger partial charge is 0.396 e. The molecule has 35 heavy (non-hydrogen) atoms. The number of nitrogens with zero attached hydrogens (tertiary/aromatic N) is 5. The van der Waals surface area contributed by atoms with Crippen LogP contribution in [0.3, 0.4) is 0 Å². The van der Waals surface area contributed by atoms with E-state index in [-0.39, 0.29) is 16.4 Å². The van der Waals surface area contributed by atoms with Crippen LogP contribution in [0, 0.1) is 17.2 Å². The number of nitriles is 1. The van der Waals surface area contributed by atoms with Crippen LogP contribution < -0.4 is 4.90 Å². The number of fused-ring (bicyclic) bond motifs is 1. The Balaban J connectivity index is 1.67. The standard InChI is InChI=1S/C24H24F3N5O2S/c1-23(2)21(33)31(17-6-5-15(13-28)19(12-17)24(25,26)27)22(35)32(23)18-7-8-20-16(11-18)14-30(29-20)9-4-10-34-3/h5-8,11,14,19H,4,9-10,12H2,1-3H3. The number of ether oxygens (including phenoxy) is 1. The fraction of sp³-hybridized carbons (Fsp3) is 0.417. The number of amides is 1. The second kappa shape index (κ2) is 9.09. The summed E-state index contributed by atoms with van der Waals surface area (Å²) in [6.45, 7) is 4.67. The van der Waals surface area contributed by atoms with Crippen molar-refractivity contribution in [1.29, 1.82) is 5.26 Å². The minimum atomic E-state index is -4.62. The number of thiocarbonyl (C=S) groups is 1. The molecule has 0 bridgehead atoms. The molecule has 1 fully saturated rings. The van der Waals surface area contributed by atoms with Crippen LogP contribution in [-0.2, 0) is 16.1 Å². The Hall–Kier alpha value is -3.23. The number of carbonyl (C=O) groups excluding carboxylic acids is 1. The molecule has 2 aromatic rings. The number of methoxy groups -OCH3 is 1. The molecule has 1 aliphatic carbocycles. The van der Waals surface area contributed by atoms with E-state index in [2.05, 4.69) is 5.10 Å². The van der Waals surface area contributed by atoms with E-state index >= 15 is 0 Å². The van der Waals surface area contributed by atoms with E-state index in [1.165, 1.54) is 6.08 Å². The molecule has 2 aliphatic rings. The molecule has 1 aliphatic heterocycles. The van der Waals surface area contributed by atoms with Gasteiger partial charge in [-0.15, -0.1) is 0 Å². The summed E-state index contributed by atoms with van der Waals surface area (Å²) in [5.41, 5.74) is 0.00520. The monoisotopic (exact) mass is 503 g/mol. The van der Waals surface area contributed by atoms with E-state index in [1.54, 1.807) is 38.0 Å². The lowest BCUT2D eigenvalue weighted by molar-refractivity contribution is -0.164. The normalized spacial score (nSPS) is 20.3. The van der Waals surface area contributed by atoms with Crippen LogP contribution in [-0.4, -0.2) is 51.1 Å². The number of benzene rings is 1. The maximum absolute atomic E-state index is 13.6. The van der Waals surface area contributed by atoms with Gasteiger partial charge in [0.05, 0.1) is 17.5 Å². The van der Waals surface area contributed by atoms with Crippen molar-refractivity contribution in [3.8, 4) is 6.07 Å². The SMILES string of the molecule is COCCCn1cc2cc(N3C(=S)N(C4=CC=C(C#N)C(C(F)(F)F)C4)C(=O)C3(C)C)ccc2n1. The van der Waals surface area contributed by atoms with Crippen molar-refractivity contribution in [2.75, 3.05) is 18.6 Å². The summed E-state index contributed by atoms with van der Waals surface area (Å²) in [4.78, 5) is 16.2. The van der Waals surface area contributed by atoms with Gasteiger partial charge in [0.15, 0.2) is 5.11 Å². The predicted molar refractivity (Wildman–Crippen MR) is 128 cm³/mol. The second-order valence-electron chi connectivity index (χ2n) is 8.99. The number of aryl methyl sites for hydroxylation is 1. The van der Waals surface area contributed by atoms with Gasteiger partial charge in [0, 0.05) is 55.2 Å². The number of anilines is 1. The Morgan fingerprint density at radius 2 is 2.06 bits per heavy atom.